The number of carbonyl (C=O) groups excluding carboxylic acids is 3. The maximum Gasteiger partial charge on any atom is 0.304 e. The van der Waals surface area contributed by atoms with Gasteiger partial charge in [-0.1, -0.05) is 0 Å². The van der Waals surface area contributed by atoms with Crippen LogP contribution in [0, 0.1) is 0 Å². The molecule has 0 spiro atoms. The zero-order valence-corrected chi connectivity index (χ0v) is 11.4. The molecular weight excluding hydrogens is 256 g/mol. The molecule has 108 valence electrons. The van der Waals surface area contributed by atoms with E-state index in [4.69, 9.17) is 18.9 Å². The second kappa shape index (κ2) is 6.51. The minimum Gasteiger partial charge on any atom is -0.458 e. The first-order valence-corrected chi connectivity index (χ1v) is 5.96. The lowest BCUT2D eigenvalue weighted by Crippen LogP contribution is -2.51. The molecule has 1 unspecified atom stereocenters. The van der Waals surface area contributed by atoms with Gasteiger partial charge < -0.3 is 18.9 Å². The van der Waals surface area contributed by atoms with Crippen molar-refractivity contribution in [2.24, 2.45) is 0 Å². The predicted octanol–water partition coefficient (Wildman–Crippen LogP) is 0.548. The van der Waals surface area contributed by atoms with E-state index in [-0.39, 0.29) is 6.42 Å². The topological polar surface area (TPSA) is 88.1 Å². The molecule has 1 heterocycles. The molecule has 19 heavy (non-hydrogen) atoms. The van der Waals surface area contributed by atoms with Crippen LogP contribution in [0.25, 0.3) is 0 Å². The Balaban J connectivity index is 2.77. The van der Waals surface area contributed by atoms with Crippen molar-refractivity contribution in [1.82, 2.24) is 0 Å². The molecule has 1 fully saturated rings. The molecule has 1 aliphatic rings. The average molecular weight is 274 g/mol. The minimum absolute atomic E-state index is 0.126. The Labute approximate surface area is 111 Å². The van der Waals surface area contributed by atoms with Crippen LogP contribution < -0.4 is 0 Å². The first-order valence-electron chi connectivity index (χ1n) is 5.96. The molecule has 0 bridgehead atoms. The summed E-state index contributed by atoms with van der Waals surface area (Å²) in [7, 11) is 0. The minimum atomic E-state index is -0.816. The Morgan fingerprint density at radius 3 is 1.95 bits per heavy atom. The van der Waals surface area contributed by atoms with E-state index in [1.165, 1.54) is 20.8 Å². The van der Waals surface area contributed by atoms with Crippen LogP contribution in [0.15, 0.2) is 0 Å². The number of ether oxygens (including phenoxy) is 4. The van der Waals surface area contributed by atoms with Crippen LogP contribution in [-0.2, 0) is 33.3 Å². The number of hydrogen-bond donors (Lipinski definition) is 0. The Kier molecular flexibility index (Phi) is 5.29. The summed E-state index contributed by atoms with van der Waals surface area (Å²) in [4.78, 5) is 33.0. The van der Waals surface area contributed by atoms with Crippen LogP contribution in [0.5, 0.6) is 0 Å². The Morgan fingerprint density at radius 2 is 1.47 bits per heavy atom. The zero-order valence-electron chi connectivity index (χ0n) is 11.4. The largest absolute Gasteiger partial charge is 0.458 e. The van der Waals surface area contributed by atoms with E-state index in [0.29, 0.717) is 0 Å². The molecule has 4 atom stereocenters. The fourth-order valence-electron chi connectivity index (χ4n) is 1.95. The number of carbonyl (C=O) groups is 3. The van der Waals surface area contributed by atoms with Crippen LogP contribution in [0.3, 0.4) is 0 Å². The highest BCUT2D eigenvalue weighted by atomic mass is 16.7. The van der Waals surface area contributed by atoms with Gasteiger partial charge in [0.15, 0.2) is 6.10 Å². The fraction of sp³-hybridized carbons (Fsp3) is 0.750. The molecular formula is C12H18O7. The van der Waals surface area contributed by atoms with Gasteiger partial charge in [0, 0.05) is 20.8 Å². The molecule has 7 nitrogen and oxygen atoms in total. The van der Waals surface area contributed by atoms with E-state index in [1.54, 1.807) is 6.92 Å². The van der Waals surface area contributed by atoms with Crippen LogP contribution in [0.2, 0.25) is 0 Å². The molecule has 0 aromatic heterocycles. The van der Waals surface area contributed by atoms with E-state index in [2.05, 4.69) is 0 Å². The lowest BCUT2D eigenvalue weighted by molar-refractivity contribution is -0.250. The highest BCUT2D eigenvalue weighted by Gasteiger charge is 2.42. The summed E-state index contributed by atoms with van der Waals surface area (Å²) in [6, 6.07) is 0. The first-order chi connectivity index (χ1) is 8.79. The number of hydrogen-bond acceptors (Lipinski definition) is 7. The van der Waals surface area contributed by atoms with Crippen LogP contribution in [0.1, 0.15) is 34.1 Å². The van der Waals surface area contributed by atoms with Gasteiger partial charge in [0.1, 0.15) is 6.10 Å². The third-order valence-electron chi connectivity index (χ3n) is 2.54. The first kappa shape index (κ1) is 15.4. The van der Waals surface area contributed by atoms with Crippen molar-refractivity contribution in [3.63, 3.8) is 0 Å². The second-order valence-electron chi connectivity index (χ2n) is 4.34. The van der Waals surface area contributed by atoms with Crippen molar-refractivity contribution in [2.75, 3.05) is 0 Å². The molecule has 7 heteroatoms. The summed E-state index contributed by atoms with van der Waals surface area (Å²) in [5, 5.41) is 0. The van der Waals surface area contributed by atoms with E-state index in [1.807, 2.05) is 0 Å². The van der Waals surface area contributed by atoms with Crippen molar-refractivity contribution in [1.29, 1.82) is 0 Å². The summed E-state index contributed by atoms with van der Waals surface area (Å²) >= 11 is 0. The highest BCUT2D eigenvalue weighted by Crippen LogP contribution is 2.26. The highest BCUT2D eigenvalue weighted by molar-refractivity contribution is 5.67. The van der Waals surface area contributed by atoms with Crippen molar-refractivity contribution >= 4 is 17.9 Å². The normalized spacial score (nSPS) is 30.3. The van der Waals surface area contributed by atoms with E-state index >= 15 is 0 Å². The monoisotopic (exact) mass is 274 g/mol. The molecule has 1 saturated heterocycles. The number of esters is 3. The third kappa shape index (κ3) is 4.86. The summed E-state index contributed by atoms with van der Waals surface area (Å²) in [5.74, 6) is -1.49. The lowest BCUT2D eigenvalue weighted by Gasteiger charge is -2.38. The summed E-state index contributed by atoms with van der Waals surface area (Å²) in [6.07, 6.45) is -2.65. The van der Waals surface area contributed by atoms with Gasteiger partial charge >= 0.3 is 17.9 Å². The molecule has 0 saturated carbocycles. The van der Waals surface area contributed by atoms with Gasteiger partial charge in [-0.3, -0.25) is 14.4 Å². The van der Waals surface area contributed by atoms with Gasteiger partial charge in [-0.2, -0.15) is 0 Å². The van der Waals surface area contributed by atoms with Crippen LogP contribution in [0.4, 0.5) is 0 Å². The fourth-order valence-corrected chi connectivity index (χ4v) is 1.95. The van der Waals surface area contributed by atoms with Crippen LogP contribution >= 0.6 is 0 Å². The second-order valence-corrected chi connectivity index (χ2v) is 4.34. The average Bonchev–Trinajstić information content (AvgIpc) is 2.21. The van der Waals surface area contributed by atoms with E-state index < -0.39 is 42.5 Å². The Bertz CT molecular complexity index is 365. The van der Waals surface area contributed by atoms with E-state index in [0.717, 1.165) is 0 Å². The zero-order chi connectivity index (χ0) is 14.6. The molecule has 0 radical (unpaired) electrons. The maximum absolute atomic E-state index is 11.1. The molecule has 1 rings (SSSR count). The molecule has 1 aliphatic heterocycles. The van der Waals surface area contributed by atoms with Gasteiger partial charge in [-0.25, -0.2) is 0 Å². The number of rotatable bonds is 3. The molecule has 0 N–H and O–H groups in total. The van der Waals surface area contributed by atoms with Crippen molar-refractivity contribution in [3.05, 3.63) is 0 Å². The molecule has 0 aromatic rings. The summed E-state index contributed by atoms with van der Waals surface area (Å²) < 4.78 is 20.5. The van der Waals surface area contributed by atoms with Crippen molar-refractivity contribution in [3.8, 4) is 0 Å². The van der Waals surface area contributed by atoms with Crippen LogP contribution in [-0.4, -0.2) is 42.5 Å². The van der Waals surface area contributed by atoms with Gasteiger partial charge in [0.25, 0.3) is 0 Å². The molecule has 0 amide bonds. The van der Waals surface area contributed by atoms with Crippen molar-refractivity contribution in [2.45, 2.75) is 58.7 Å². The Hall–Kier alpha value is -1.63. The smallest absolute Gasteiger partial charge is 0.304 e. The molecule has 0 aliphatic carbocycles. The predicted molar refractivity (Wildman–Crippen MR) is 61.8 cm³/mol. The third-order valence-corrected chi connectivity index (χ3v) is 2.54. The van der Waals surface area contributed by atoms with Crippen molar-refractivity contribution < 1.29 is 33.3 Å². The SMILES string of the molecule is CC(=O)OC1C[C@H](OC(C)=O)[C@H](OC(C)=O)[C@H](C)O1. The quantitative estimate of drug-likeness (QED) is 0.548. The lowest BCUT2D eigenvalue weighted by atomic mass is 10.0. The van der Waals surface area contributed by atoms with E-state index in [9.17, 15) is 14.4 Å². The maximum atomic E-state index is 11.1. The van der Waals surface area contributed by atoms with Gasteiger partial charge in [-0.05, 0) is 6.92 Å². The van der Waals surface area contributed by atoms with Gasteiger partial charge in [0.05, 0.1) is 12.5 Å². The molecule has 0 aromatic carbocycles. The van der Waals surface area contributed by atoms with Gasteiger partial charge in [0.2, 0.25) is 6.29 Å². The van der Waals surface area contributed by atoms with Gasteiger partial charge in [-0.15, -0.1) is 0 Å². The standard InChI is InChI=1S/C12H18O7/c1-6-12(19-9(4)15)10(17-7(2)13)5-11(16-6)18-8(3)14/h6,10-12H,5H2,1-4H3/t6-,10-,11?,12+/m0/s1. The Morgan fingerprint density at radius 1 is 0.947 bits per heavy atom. The summed E-state index contributed by atoms with van der Waals surface area (Å²) in [5.41, 5.74) is 0. The summed E-state index contributed by atoms with van der Waals surface area (Å²) in [6.45, 7) is 5.42.